The first kappa shape index (κ1) is 25.3. The number of esters is 2. The van der Waals surface area contributed by atoms with Crippen molar-refractivity contribution in [2.24, 2.45) is 5.73 Å². The average molecular weight is 479 g/mol. The lowest BCUT2D eigenvalue weighted by Gasteiger charge is -2.36. The summed E-state index contributed by atoms with van der Waals surface area (Å²) >= 11 is 0. The van der Waals surface area contributed by atoms with Crippen LogP contribution in [-0.2, 0) is 28.5 Å². The molecule has 2 aromatic carbocycles. The van der Waals surface area contributed by atoms with E-state index in [0.29, 0.717) is 5.56 Å². The second kappa shape index (κ2) is 10.7. The standard InChI is InChI=1S/C25H25N3O7/c1-32-23(30)20-19(14-8-6-5-7-9-14)17(13-26)22(27)28(21(20)24(31)33-2)15-10-11-18(29)16(12-15)25(34-3)35-4/h5-12,19,25,29H,27H2,1-4H3. The van der Waals surface area contributed by atoms with Gasteiger partial charge in [-0.25, -0.2) is 9.59 Å². The maximum absolute atomic E-state index is 13.1. The number of nitriles is 1. The zero-order chi connectivity index (χ0) is 25.7. The minimum Gasteiger partial charge on any atom is -0.507 e. The number of hydrogen-bond acceptors (Lipinski definition) is 10. The molecule has 0 aliphatic carbocycles. The first-order valence-corrected chi connectivity index (χ1v) is 10.4. The van der Waals surface area contributed by atoms with Gasteiger partial charge in [-0.3, -0.25) is 4.90 Å². The Morgan fingerprint density at radius 3 is 2.20 bits per heavy atom. The summed E-state index contributed by atoms with van der Waals surface area (Å²) in [7, 11) is 5.12. The van der Waals surface area contributed by atoms with Crippen molar-refractivity contribution in [3.63, 3.8) is 0 Å². The second-order valence-electron chi connectivity index (χ2n) is 7.38. The van der Waals surface area contributed by atoms with Crippen molar-refractivity contribution >= 4 is 17.6 Å². The molecule has 1 unspecified atom stereocenters. The van der Waals surface area contributed by atoms with Crippen molar-refractivity contribution in [3.05, 3.63) is 82.3 Å². The lowest BCUT2D eigenvalue weighted by molar-refractivity contribution is -0.139. The quantitative estimate of drug-likeness (QED) is 0.449. The number of rotatable bonds is 7. The van der Waals surface area contributed by atoms with Crippen LogP contribution in [0.3, 0.4) is 0 Å². The minimum atomic E-state index is -0.985. The predicted octanol–water partition coefficient (Wildman–Crippen LogP) is 2.58. The van der Waals surface area contributed by atoms with Crippen LogP contribution in [0.2, 0.25) is 0 Å². The fraction of sp³-hybridized carbons (Fsp3) is 0.240. The molecule has 2 aromatic rings. The predicted molar refractivity (Wildman–Crippen MR) is 124 cm³/mol. The van der Waals surface area contributed by atoms with Gasteiger partial charge in [0.05, 0.1) is 42.9 Å². The van der Waals surface area contributed by atoms with Crippen molar-refractivity contribution in [1.29, 1.82) is 5.26 Å². The highest BCUT2D eigenvalue weighted by atomic mass is 16.7. The SMILES string of the molecule is COC(=O)C1=C(C(=O)OC)N(c2ccc(O)c(C(OC)OC)c2)C(N)=C(C#N)C1c1ccccc1. The highest BCUT2D eigenvalue weighted by Gasteiger charge is 2.43. The maximum Gasteiger partial charge on any atom is 0.355 e. The molecule has 3 rings (SSSR count). The molecule has 1 atom stereocenters. The molecule has 35 heavy (non-hydrogen) atoms. The van der Waals surface area contributed by atoms with Crippen molar-refractivity contribution in [1.82, 2.24) is 0 Å². The zero-order valence-electron chi connectivity index (χ0n) is 19.6. The van der Waals surface area contributed by atoms with Gasteiger partial charge in [-0.2, -0.15) is 5.26 Å². The van der Waals surface area contributed by atoms with E-state index in [1.807, 2.05) is 0 Å². The molecule has 0 spiro atoms. The van der Waals surface area contributed by atoms with Crippen LogP contribution in [0.25, 0.3) is 0 Å². The molecule has 3 N–H and O–H groups in total. The van der Waals surface area contributed by atoms with E-state index >= 15 is 0 Å². The second-order valence-corrected chi connectivity index (χ2v) is 7.38. The number of ether oxygens (including phenoxy) is 4. The van der Waals surface area contributed by atoms with Crippen LogP contribution in [-0.4, -0.2) is 45.5 Å². The lowest BCUT2D eigenvalue weighted by Crippen LogP contribution is -2.40. The van der Waals surface area contributed by atoms with E-state index in [-0.39, 0.29) is 39.7 Å². The summed E-state index contributed by atoms with van der Waals surface area (Å²) in [6.07, 6.45) is -0.942. The van der Waals surface area contributed by atoms with Gasteiger partial charge >= 0.3 is 11.9 Å². The Labute approximate surface area is 202 Å². The monoisotopic (exact) mass is 479 g/mol. The highest BCUT2D eigenvalue weighted by Crippen LogP contribution is 2.44. The maximum atomic E-state index is 13.1. The molecule has 0 bridgehead atoms. The van der Waals surface area contributed by atoms with Gasteiger partial charge in [-0.05, 0) is 23.8 Å². The third-order valence-electron chi connectivity index (χ3n) is 5.56. The summed E-state index contributed by atoms with van der Waals surface area (Å²) in [5, 5.41) is 20.5. The summed E-state index contributed by atoms with van der Waals surface area (Å²) in [6.45, 7) is 0. The number of anilines is 1. The summed E-state index contributed by atoms with van der Waals surface area (Å²) in [4.78, 5) is 27.4. The summed E-state index contributed by atoms with van der Waals surface area (Å²) in [6, 6.07) is 15.0. The number of phenolic OH excluding ortho intramolecular Hbond substituents is 1. The Morgan fingerprint density at radius 2 is 1.66 bits per heavy atom. The van der Waals surface area contributed by atoms with Gasteiger partial charge in [-0.15, -0.1) is 0 Å². The number of nitrogens with zero attached hydrogens (tertiary/aromatic N) is 2. The Kier molecular flexibility index (Phi) is 7.76. The molecule has 10 heteroatoms. The van der Waals surface area contributed by atoms with Crippen LogP contribution in [0.1, 0.15) is 23.3 Å². The van der Waals surface area contributed by atoms with E-state index in [0.717, 1.165) is 7.11 Å². The number of aromatic hydroxyl groups is 1. The smallest absolute Gasteiger partial charge is 0.355 e. The van der Waals surface area contributed by atoms with Gasteiger partial charge in [-0.1, -0.05) is 30.3 Å². The number of carbonyl (C=O) groups is 2. The normalized spacial score (nSPS) is 15.8. The summed E-state index contributed by atoms with van der Waals surface area (Å²) < 4.78 is 20.5. The molecular weight excluding hydrogens is 454 g/mol. The van der Waals surface area contributed by atoms with Crippen LogP contribution in [0.5, 0.6) is 5.75 Å². The van der Waals surface area contributed by atoms with Crippen LogP contribution in [0, 0.1) is 11.3 Å². The third-order valence-corrected chi connectivity index (χ3v) is 5.56. The average Bonchev–Trinajstić information content (AvgIpc) is 2.89. The molecule has 0 saturated carbocycles. The topological polar surface area (TPSA) is 144 Å². The Morgan fingerprint density at radius 1 is 1.03 bits per heavy atom. The van der Waals surface area contributed by atoms with E-state index in [1.165, 1.54) is 44.4 Å². The molecule has 0 saturated heterocycles. The van der Waals surface area contributed by atoms with Gasteiger partial charge < -0.3 is 29.8 Å². The number of methoxy groups -OCH3 is 4. The lowest BCUT2D eigenvalue weighted by atomic mass is 9.81. The summed E-state index contributed by atoms with van der Waals surface area (Å²) in [5.74, 6) is -2.94. The van der Waals surface area contributed by atoms with Crippen molar-refractivity contribution < 1.29 is 33.6 Å². The van der Waals surface area contributed by atoms with Gasteiger partial charge in [0.2, 0.25) is 0 Å². The Hall–Kier alpha value is -4.33. The molecule has 0 amide bonds. The fourth-order valence-electron chi connectivity index (χ4n) is 4.00. The van der Waals surface area contributed by atoms with Gasteiger partial charge in [0, 0.05) is 19.9 Å². The number of nitrogens with two attached hydrogens (primary N) is 1. The Bertz CT molecular complexity index is 1230. The van der Waals surface area contributed by atoms with Gasteiger partial charge in [0.25, 0.3) is 0 Å². The van der Waals surface area contributed by atoms with E-state index in [1.54, 1.807) is 30.3 Å². The molecule has 0 fully saturated rings. The first-order valence-electron chi connectivity index (χ1n) is 10.4. The van der Waals surface area contributed by atoms with Crippen molar-refractivity contribution in [2.45, 2.75) is 12.2 Å². The molecule has 1 heterocycles. The molecular formula is C25H25N3O7. The van der Waals surface area contributed by atoms with Crippen LogP contribution in [0.4, 0.5) is 5.69 Å². The van der Waals surface area contributed by atoms with Crippen LogP contribution in [0.15, 0.2) is 71.2 Å². The minimum absolute atomic E-state index is 0.0221. The Balaban J connectivity index is 2.40. The molecule has 1 aliphatic rings. The number of hydrogen-bond donors (Lipinski definition) is 2. The van der Waals surface area contributed by atoms with Crippen LogP contribution < -0.4 is 10.6 Å². The summed E-state index contributed by atoms with van der Waals surface area (Å²) in [5.41, 5.74) is 7.17. The van der Waals surface area contributed by atoms with Crippen molar-refractivity contribution in [3.8, 4) is 11.8 Å². The number of benzene rings is 2. The molecule has 1 aliphatic heterocycles. The van der Waals surface area contributed by atoms with E-state index in [4.69, 9.17) is 24.7 Å². The molecule has 10 nitrogen and oxygen atoms in total. The van der Waals surface area contributed by atoms with E-state index in [9.17, 15) is 20.0 Å². The van der Waals surface area contributed by atoms with Crippen LogP contribution >= 0.6 is 0 Å². The van der Waals surface area contributed by atoms with Gasteiger partial charge in [0.1, 0.15) is 17.3 Å². The number of allylic oxidation sites excluding steroid dienone is 1. The molecule has 0 aromatic heterocycles. The first-order chi connectivity index (χ1) is 16.8. The number of carbonyl (C=O) groups excluding carboxylic acids is 2. The highest BCUT2D eigenvalue weighted by molar-refractivity contribution is 6.06. The number of phenols is 1. The molecule has 182 valence electrons. The van der Waals surface area contributed by atoms with E-state index < -0.39 is 24.1 Å². The third kappa shape index (κ3) is 4.55. The van der Waals surface area contributed by atoms with Gasteiger partial charge in [0.15, 0.2) is 6.29 Å². The van der Waals surface area contributed by atoms with E-state index in [2.05, 4.69) is 6.07 Å². The van der Waals surface area contributed by atoms with Crippen molar-refractivity contribution in [2.75, 3.05) is 33.3 Å². The largest absolute Gasteiger partial charge is 0.507 e. The zero-order valence-corrected chi connectivity index (χ0v) is 19.6. The molecule has 0 radical (unpaired) electrons. The fourth-order valence-corrected chi connectivity index (χ4v) is 4.00.